The minimum atomic E-state index is -1.39. The van der Waals surface area contributed by atoms with Gasteiger partial charge in [0.25, 0.3) is 5.69 Å². The molecule has 0 saturated carbocycles. The molecule has 2 heterocycles. The van der Waals surface area contributed by atoms with E-state index in [0.717, 1.165) is 0 Å². The van der Waals surface area contributed by atoms with E-state index in [1.54, 1.807) is 12.1 Å². The summed E-state index contributed by atoms with van der Waals surface area (Å²) in [4.78, 5) is 35.9. The summed E-state index contributed by atoms with van der Waals surface area (Å²) < 4.78 is -0.705. The number of β-lactam (4-membered cyclic amide) rings is 1. The van der Waals surface area contributed by atoms with Crippen LogP contribution in [0.1, 0.15) is 19.4 Å². The van der Waals surface area contributed by atoms with Gasteiger partial charge in [0, 0.05) is 23.3 Å². The third-order valence-electron chi connectivity index (χ3n) is 4.76. The average Bonchev–Trinajstić information content (AvgIpc) is 2.73. The Balaban J connectivity index is 2.01. The van der Waals surface area contributed by atoms with E-state index in [4.69, 9.17) is 0 Å². The quantitative estimate of drug-likeness (QED) is 0.351. The molecule has 1 amide bonds. The number of rotatable bonds is 4. The molecule has 2 aliphatic rings. The Labute approximate surface area is 150 Å². The molecule has 0 spiro atoms. The van der Waals surface area contributed by atoms with Crippen LogP contribution in [-0.4, -0.2) is 47.3 Å². The first-order valence-electron chi connectivity index (χ1n) is 7.23. The van der Waals surface area contributed by atoms with Crippen molar-refractivity contribution in [3.8, 4) is 0 Å². The Morgan fingerprint density at radius 3 is 2.50 bits per heavy atom. The number of nitrogens with zero attached hydrogens (tertiary/aromatic N) is 2. The lowest BCUT2D eigenvalue weighted by atomic mass is 9.77. The number of fused-ring (bicyclic) bond motifs is 1. The van der Waals surface area contributed by atoms with E-state index in [0.29, 0.717) is 5.56 Å². The predicted octanol–water partition coefficient (Wildman–Crippen LogP) is 2.42. The van der Waals surface area contributed by atoms with Gasteiger partial charge in [-0.05, 0) is 19.4 Å². The third-order valence-corrected chi connectivity index (χ3v) is 7.66. The molecule has 3 rings (SSSR count). The highest BCUT2D eigenvalue weighted by molar-refractivity contribution is 9.10. The summed E-state index contributed by atoms with van der Waals surface area (Å²) >= 11 is 4.78. The van der Waals surface area contributed by atoms with Crippen molar-refractivity contribution < 1.29 is 19.6 Å². The monoisotopic (exact) mass is 414 g/mol. The van der Waals surface area contributed by atoms with Gasteiger partial charge in [0.2, 0.25) is 5.91 Å². The van der Waals surface area contributed by atoms with Crippen LogP contribution in [-0.2, 0) is 16.0 Å². The molecule has 1 N–H and O–H groups in total. The summed E-state index contributed by atoms with van der Waals surface area (Å²) in [5, 5.41) is 20.5. The van der Waals surface area contributed by atoms with E-state index in [-0.39, 0.29) is 28.2 Å². The number of carboxylic acid groups (broad SMARTS) is 1. The zero-order valence-corrected chi connectivity index (χ0v) is 15.3. The Morgan fingerprint density at radius 1 is 1.42 bits per heavy atom. The second-order valence-electron chi connectivity index (χ2n) is 6.39. The Bertz CT molecular complexity index is 738. The summed E-state index contributed by atoms with van der Waals surface area (Å²) in [5.41, 5.74) is -0.801. The van der Waals surface area contributed by atoms with Crippen LogP contribution in [0.5, 0.6) is 0 Å². The highest BCUT2D eigenvalue weighted by Crippen LogP contribution is 2.59. The molecule has 3 atom stereocenters. The van der Waals surface area contributed by atoms with E-state index >= 15 is 0 Å². The highest BCUT2D eigenvalue weighted by atomic mass is 79.9. The molecule has 24 heavy (non-hydrogen) atoms. The van der Waals surface area contributed by atoms with Crippen LogP contribution >= 0.6 is 27.7 Å². The molecule has 1 unspecified atom stereocenters. The maximum Gasteiger partial charge on any atom is 0.331 e. The summed E-state index contributed by atoms with van der Waals surface area (Å²) in [5.74, 6) is -1.30. The predicted molar refractivity (Wildman–Crippen MR) is 92.2 cm³/mol. The number of alkyl halides is 1. The first-order chi connectivity index (χ1) is 11.1. The molecular formula is C15H15BrN2O5S. The molecule has 128 valence electrons. The van der Waals surface area contributed by atoms with E-state index < -0.39 is 21.2 Å². The lowest BCUT2D eigenvalue weighted by Gasteiger charge is -2.48. The van der Waals surface area contributed by atoms with Crippen molar-refractivity contribution in [1.29, 1.82) is 0 Å². The molecule has 1 aromatic carbocycles. The van der Waals surface area contributed by atoms with Crippen LogP contribution in [0.3, 0.4) is 0 Å². The molecule has 9 heteroatoms. The number of hydrogen-bond donors (Lipinski definition) is 1. The number of hydrogen-bond acceptors (Lipinski definition) is 5. The number of benzene rings is 1. The van der Waals surface area contributed by atoms with E-state index in [1.807, 2.05) is 13.8 Å². The molecule has 1 aromatic rings. The molecule has 0 radical (unpaired) electrons. The molecule has 2 fully saturated rings. The summed E-state index contributed by atoms with van der Waals surface area (Å²) in [6.45, 7) is 3.64. The smallest absolute Gasteiger partial charge is 0.331 e. The van der Waals surface area contributed by atoms with Crippen molar-refractivity contribution in [3.63, 3.8) is 0 Å². The third kappa shape index (κ3) is 2.17. The van der Waals surface area contributed by atoms with Crippen molar-refractivity contribution in [3.05, 3.63) is 39.9 Å². The number of carbonyl (C=O) groups excluding carboxylic acids is 1. The number of amides is 1. The zero-order valence-electron chi connectivity index (χ0n) is 12.9. The van der Waals surface area contributed by atoms with Gasteiger partial charge >= 0.3 is 5.97 Å². The zero-order chi connectivity index (χ0) is 17.9. The maximum absolute atomic E-state index is 12.3. The molecule has 2 aliphatic heterocycles. The minimum Gasteiger partial charge on any atom is -0.479 e. The Hall–Kier alpha value is -1.61. The SMILES string of the molecule is CC1(C)S[C@@H]2C(Br)C(=O)N2[C@@]1(Cc1ccc([N+](=O)[O-])cc1)C(=O)O. The topological polar surface area (TPSA) is 101 Å². The lowest BCUT2D eigenvalue weighted by molar-refractivity contribution is -0.384. The lowest BCUT2D eigenvalue weighted by Crippen LogP contribution is -2.71. The fourth-order valence-corrected chi connectivity index (χ4v) is 5.86. The Morgan fingerprint density at radius 2 is 2.00 bits per heavy atom. The average molecular weight is 415 g/mol. The number of non-ortho nitro benzene ring substituents is 1. The molecule has 0 aromatic heterocycles. The fourth-order valence-electron chi connectivity index (χ4n) is 3.40. The van der Waals surface area contributed by atoms with Gasteiger partial charge < -0.3 is 10.0 Å². The van der Waals surface area contributed by atoms with E-state index in [1.165, 1.54) is 28.8 Å². The Kier molecular flexibility index (Phi) is 3.91. The van der Waals surface area contributed by atoms with Gasteiger partial charge in [-0.1, -0.05) is 28.1 Å². The van der Waals surface area contributed by atoms with Crippen molar-refractivity contribution >= 4 is 45.3 Å². The second kappa shape index (κ2) is 5.45. The minimum absolute atomic E-state index is 0.0541. The first kappa shape index (κ1) is 17.2. The van der Waals surface area contributed by atoms with Crippen LogP contribution < -0.4 is 0 Å². The number of halogens is 1. The number of carbonyl (C=O) groups is 2. The van der Waals surface area contributed by atoms with Crippen molar-refractivity contribution in [2.75, 3.05) is 0 Å². The van der Waals surface area contributed by atoms with Crippen molar-refractivity contribution in [2.45, 2.75) is 40.8 Å². The normalized spacial score (nSPS) is 30.6. The van der Waals surface area contributed by atoms with Crippen molar-refractivity contribution in [2.24, 2.45) is 0 Å². The molecule has 0 aliphatic carbocycles. The van der Waals surface area contributed by atoms with Gasteiger partial charge in [-0.2, -0.15) is 0 Å². The number of aliphatic carboxylic acids is 1. The van der Waals surface area contributed by atoms with Gasteiger partial charge in [0.15, 0.2) is 5.54 Å². The van der Waals surface area contributed by atoms with Crippen LogP contribution in [0, 0.1) is 10.1 Å². The summed E-state index contributed by atoms with van der Waals surface area (Å²) in [6, 6.07) is 5.80. The standard InChI is InChI=1S/C15H15BrN2O5S/c1-14(2)15(13(20)21,17-11(19)10(16)12(17)24-14)7-8-3-5-9(6-4-8)18(22)23/h3-6,10,12H,7H2,1-2H3,(H,20,21)/t10?,12-,15+/m1/s1. The molecule has 7 nitrogen and oxygen atoms in total. The number of thioether (sulfide) groups is 1. The van der Waals surface area contributed by atoms with Crippen LogP contribution in [0.4, 0.5) is 5.69 Å². The van der Waals surface area contributed by atoms with E-state index in [2.05, 4.69) is 15.9 Å². The fraction of sp³-hybridized carbons (Fsp3) is 0.467. The van der Waals surface area contributed by atoms with Crippen LogP contribution in [0.15, 0.2) is 24.3 Å². The molecule has 0 bridgehead atoms. The van der Waals surface area contributed by atoms with Gasteiger partial charge in [-0.15, -0.1) is 11.8 Å². The van der Waals surface area contributed by atoms with Crippen molar-refractivity contribution in [1.82, 2.24) is 4.90 Å². The number of carboxylic acids is 1. The largest absolute Gasteiger partial charge is 0.479 e. The molecule has 2 saturated heterocycles. The van der Waals surface area contributed by atoms with Gasteiger partial charge in [-0.3, -0.25) is 14.9 Å². The van der Waals surface area contributed by atoms with E-state index in [9.17, 15) is 24.8 Å². The maximum atomic E-state index is 12.3. The highest BCUT2D eigenvalue weighted by Gasteiger charge is 2.71. The molecular weight excluding hydrogens is 400 g/mol. The number of nitro benzene ring substituents is 1. The second-order valence-corrected chi connectivity index (χ2v) is 9.12. The summed E-state index contributed by atoms with van der Waals surface area (Å²) in [7, 11) is 0. The first-order valence-corrected chi connectivity index (χ1v) is 9.03. The number of nitro groups is 1. The summed E-state index contributed by atoms with van der Waals surface area (Å²) in [6.07, 6.45) is 0.0995. The van der Waals surface area contributed by atoms with Gasteiger partial charge in [-0.25, -0.2) is 4.79 Å². The van der Waals surface area contributed by atoms with Gasteiger partial charge in [0.05, 0.1) is 4.92 Å². The van der Waals surface area contributed by atoms with Gasteiger partial charge in [0.1, 0.15) is 10.2 Å². The van der Waals surface area contributed by atoms with Crippen LogP contribution in [0.25, 0.3) is 0 Å². The van der Waals surface area contributed by atoms with Crippen LogP contribution in [0.2, 0.25) is 0 Å².